The Labute approximate surface area is 172 Å². The van der Waals surface area contributed by atoms with Gasteiger partial charge in [0.15, 0.2) is 0 Å². The van der Waals surface area contributed by atoms with E-state index in [0.717, 1.165) is 31.5 Å². The summed E-state index contributed by atoms with van der Waals surface area (Å²) in [4.78, 5) is 14.7. The van der Waals surface area contributed by atoms with Gasteiger partial charge in [0.05, 0.1) is 6.54 Å². The summed E-state index contributed by atoms with van der Waals surface area (Å²) < 4.78 is 15.6. The van der Waals surface area contributed by atoms with Gasteiger partial charge in [0, 0.05) is 30.7 Å². The van der Waals surface area contributed by atoms with Crippen molar-refractivity contribution in [1.29, 1.82) is 0 Å². The molecule has 3 rings (SSSR count). The molecule has 0 aliphatic carbocycles. The third kappa shape index (κ3) is 6.21. The number of rotatable bonds is 9. The van der Waals surface area contributed by atoms with Crippen LogP contribution in [0.4, 0.5) is 14.9 Å². The Bertz CT molecular complexity index is 907. The third-order valence-corrected chi connectivity index (χ3v) is 4.87. The number of carbonyl (C=O) groups excluding carboxylic acids is 1. The van der Waals surface area contributed by atoms with Gasteiger partial charge in [-0.1, -0.05) is 56.2 Å². The number of hydrogen-bond acceptors (Lipinski definition) is 1. The quantitative estimate of drug-likeness (QED) is 0.452. The van der Waals surface area contributed by atoms with Gasteiger partial charge in [0.25, 0.3) is 0 Å². The van der Waals surface area contributed by atoms with Crippen molar-refractivity contribution in [2.24, 2.45) is 0 Å². The van der Waals surface area contributed by atoms with Gasteiger partial charge < -0.3 is 14.8 Å². The first-order chi connectivity index (χ1) is 14.2. The summed E-state index contributed by atoms with van der Waals surface area (Å²) in [7, 11) is 0. The average Bonchev–Trinajstić information content (AvgIpc) is 3.14. The molecule has 1 heterocycles. The van der Waals surface area contributed by atoms with Crippen molar-refractivity contribution >= 4 is 11.7 Å². The first-order valence-corrected chi connectivity index (χ1v) is 10.1. The van der Waals surface area contributed by atoms with E-state index in [9.17, 15) is 9.18 Å². The summed E-state index contributed by atoms with van der Waals surface area (Å²) in [5.74, 6) is -0.364. The minimum atomic E-state index is -0.364. The molecule has 0 spiro atoms. The highest BCUT2D eigenvalue weighted by Crippen LogP contribution is 2.15. The molecule has 0 saturated carbocycles. The number of anilines is 1. The van der Waals surface area contributed by atoms with Crippen molar-refractivity contribution in [2.45, 2.75) is 39.3 Å². The van der Waals surface area contributed by atoms with Crippen LogP contribution in [0.25, 0.3) is 0 Å². The number of nitrogens with zero attached hydrogens (tertiary/aromatic N) is 2. The highest BCUT2D eigenvalue weighted by Gasteiger charge is 2.16. The second-order valence-corrected chi connectivity index (χ2v) is 7.18. The van der Waals surface area contributed by atoms with E-state index < -0.39 is 0 Å². The number of unbranched alkanes of at least 4 members (excludes halogenated alkanes) is 2. The smallest absolute Gasteiger partial charge is 0.322 e. The summed E-state index contributed by atoms with van der Waals surface area (Å²) in [6.07, 6.45) is 5.13. The van der Waals surface area contributed by atoms with E-state index in [2.05, 4.69) is 28.9 Å². The maximum absolute atomic E-state index is 13.5. The molecule has 1 N–H and O–H groups in total. The van der Waals surface area contributed by atoms with Gasteiger partial charge in [-0.15, -0.1) is 0 Å². The first kappa shape index (κ1) is 20.6. The summed E-state index contributed by atoms with van der Waals surface area (Å²) in [6, 6.07) is 20.1. The number of nitrogens with one attached hydrogen (secondary N) is 1. The Hall–Kier alpha value is -3.08. The van der Waals surface area contributed by atoms with Crippen LogP contribution in [-0.2, 0) is 13.1 Å². The van der Waals surface area contributed by atoms with Crippen molar-refractivity contribution in [3.05, 3.63) is 90.0 Å². The molecular formula is C24H28FN3O. The number of benzene rings is 2. The van der Waals surface area contributed by atoms with Gasteiger partial charge in [-0.25, -0.2) is 9.18 Å². The topological polar surface area (TPSA) is 37.3 Å². The molecule has 0 saturated heterocycles. The average molecular weight is 394 g/mol. The fraction of sp³-hybridized carbons (Fsp3) is 0.292. The number of hydrogen-bond donors (Lipinski definition) is 1. The molecule has 1 aromatic heterocycles. The van der Waals surface area contributed by atoms with Crippen molar-refractivity contribution in [2.75, 3.05) is 11.9 Å². The Morgan fingerprint density at radius 3 is 2.62 bits per heavy atom. The zero-order valence-corrected chi connectivity index (χ0v) is 16.9. The number of aromatic nitrogens is 1. The molecule has 2 amide bonds. The molecule has 0 fully saturated rings. The number of amides is 2. The number of halogens is 1. The summed E-state index contributed by atoms with van der Waals surface area (Å²) in [5.41, 5.74) is 2.75. The van der Waals surface area contributed by atoms with E-state index >= 15 is 0 Å². The molecule has 152 valence electrons. The van der Waals surface area contributed by atoms with Gasteiger partial charge in [-0.05, 0) is 42.3 Å². The van der Waals surface area contributed by atoms with E-state index in [0.29, 0.717) is 18.8 Å². The molecule has 0 aliphatic heterocycles. The number of urea groups is 1. The van der Waals surface area contributed by atoms with E-state index in [-0.39, 0.29) is 11.8 Å². The highest BCUT2D eigenvalue weighted by atomic mass is 19.1. The fourth-order valence-corrected chi connectivity index (χ4v) is 3.30. The standard InChI is InChI=1S/C24H28FN3O/c1-2-3-7-15-28(24(29)26-22-13-8-12-21(25)17-22)19-23-14-9-16-27(23)18-20-10-5-4-6-11-20/h4-6,8-14,16-17H,2-3,7,15,18-19H2,1H3,(H,26,29). The van der Waals surface area contributed by atoms with Crippen LogP contribution in [0.15, 0.2) is 72.9 Å². The van der Waals surface area contributed by atoms with Crippen LogP contribution in [-0.4, -0.2) is 22.0 Å². The molecular weight excluding hydrogens is 365 g/mol. The van der Waals surface area contributed by atoms with Crippen LogP contribution in [0.5, 0.6) is 0 Å². The Morgan fingerprint density at radius 1 is 1.03 bits per heavy atom. The van der Waals surface area contributed by atoms with E-state index in [1.54, 1.807) is 17.0 Å². The zero-order chi connectivity index (χ0) is 20.5. The molecule has 3 aromatic rings. The second kappa shape index (κ2) is 10.5. The Morgan fingerprint density at radius 2 is 1.86 bits per heavy atom. The van der Waals surface area contributed by atoms with Crippen LogP contribution in [0, 0.1) is 5.82 Å². The van der Waals surface area contributed by atoms with E-state index in [4.69, 9.17) is 0 Å². The SMILES string of the molecule is CCCCCN(Cc1cccn1Cc1ccccc1)C(=O)Nc1cccc(F)c1. The third-order valence-electron chi connectivity index (χ3n) is 4.87. The van der Waals surface area contributed by atoms with Gasteiger partial charge in [-0.2, -0.15) is 0 Å². The van der Waals surface area contributed by atoms with Gasteiger partial charge in [0.1, 0.15) is 5.82 Å². The lowest BCUT2D eigenvalue weighted by Gasteiger charge is -2.24. The number of carbonyl (C=O) groups is 1. The normalized spacial score (nSPS) is 10.7. The van der Waals surface area contributed by atoms with E-state index in [1.807, 2.05) is 36.5 Å². The maximum Gasteiger partial charge on any atom is 0.322 e. The Kier molecular flexibility index (Phi) is 7.45. The molecule has 2 aromatic carbocycles. The van der Waals surface area contributed by atoms with Crippen LogP contribution in [0.2, 0.25) is 0 Å². The summed E-state index contributed by atoms with van der Waals surface area (Å²) >= 11 is 0. The molecule has 0 bridgehead atoms. The summed E-state index contributed by atoms with van der Waals surface area (Å²) in [6.45, 7) is 4.07. The molecule has 29 heavy (non-hydrogen) atoms. The molecule has 0 aliphatic rings. The van der Waals surface area contributed by atoms with Crippen molar-refractivity contribution < 1.29 is 9.18 Å². The Balaban J connectivity index is 1.72. The van der Waals surface area contributed by atoms with Crippen LogP contribution >= 0.6 is 0 Å². The predicted octanol–water partition coefficient (Wildman–Crippen LogP) is 5.90. The molecule has 0 unspecified atom stereocenters. The molecule has 5 heteroatoms. The largest absolute Gasteiger partial charge is 0.345 e. The van der Waals surface area contributed by atoms with Crippen LogP contribution in [0.3, 0.4) is 0 Å². The lowest BCUT2D eigenvalue weighted by Crippen LogP contribution is -2.36. The maximum atomic E-state index is 13.5. The van der Waals surface area contributed by atoms with Crippen LogP contribution in [0.1, 0.15) is 37.4 Å². The highest BCUT2D eigenvalue weighted by molar-refractivity contribution is 5.89. The van der Waals surface area contributed by atoms with Gasteiger partial charge >= 0.3 is 6.03 Å². The van der Waals surface area contributed by atoms with Crippen molar-refractivity contribution in [3.8, 4) is 0 Å². The first-order valence-electron chi connectivity index (χ1n) is 10.1. The molecule has 4 nitrogen and oxygen atoms in total. The lowest BCUT2D eigenvalue weighted by atomic mass is 10.2. The lowest BCUT2D eigenvalue weighted by molar-refractivity contribution is 0.206. The van der Waals surface area contributed by atoms with E-state index in [1.165, 1.54) is 17.7 Å². The van der Waals surface area contributed by atoms with Crippen molar-refractivity contribution in [1.82, 2.24) is 9.47 Å². The van der Waals surface area contributed by atoms with Gasteiger partial charge in [0.2, 0.25) is 0 Å². The molecule has 0 radical (unpaired) electrons. The summed E-state index contributed by atoms with van der Waals surface area (Å²) in [5, 5.41) is 2.83. The minimum absolute atomic E-state index is 0.209. The molecule has 0 atom stereocenters. The zero-order valence-electron chi connectivity index (χ0n) is 16.9. The van der Waals surface area contributed by atoms with Crippen molar-refractivity contribution in [3.63, 3.8) is 0 Å². The second-order valence-electron chi connectivity index (χ2n) is 7.18. The van der Waals surface area contributed by atoms with Gasteiger partial charge in [-0.3, -0.25) is 0 Å². The van der Waals surface area contributed by atoms with Crippen LogP contribution < -0.4 is 5.32 Å². The fourth-order valence-electron chi connectivity index (χ4n) is 3.30. The predicted molar refractivity (Wildman–Crippen MR) is 115 cm³/mol. The monoisotopic (exact) mass is 393 g/mol. The minimum Gasteiger partial charge on any atom is -0.345 e.